The van der Waals surface area contributed by atoms with Crippen molar-refractivity contribution in [2.75, 3.05) is 44.7 Å². The van der Waals surface area contributed by atoms with Crippen LogP contribution < -0.4 is 9.64 Å². The maximum absolute atomic E-state index is 12.5. The Hall–Kier alpha value is -2.86. The first-order valence-electron chi connectivity index (χ1n) is 8.55. The van der Waals surface area contributed by atoms with Crippen molar-refractivity contribution >= 4 is 17.4 Å². The minimum Gasteiger partial charge on any atom is -0.496 e. The predicted octanol–water partition coefficient (Wildman–Crippen LogP) is 2.40. The Kier molecular flexibility index (Phi) is 5.53. The Morgan fingerprint density at radius 3 is 2.35 bits per heavy atom. The van der Waals surface area contributed by atoms with Crippen LogP contribution in [0.5, 0.6) is 5.75 Å². The molecule has 6 heteroatoms. The lowest BCUT2D eigenvalue weighted by Gasteiger charge is -2.35. The topological polar surface area (TPSA) is 70.1 Å². The van der Waals surface area contributed by atoms with E-state index in [1.165, 1.54) is 24.9 Å². The fourth-order valence-corrected chi connectivity index (χ4v) is 3.15. The third-order valence-corrected chi connectivity index (χ3v) is 4.61. The van der Waals surface area contributed by atoms with E-state index in [0.717, 1.165) is 26.2 Å². The van der Waals surface area contributed by atoms with Crippen LogP contribution in [-0.4, -0.2) is 61.6 Å². The minimum absolute atomic E-state index is 0.00671. The maximum atomic E-state index is 12.5. The number of carbonyl (C=O) groups is 2. The van der Waals surface area contributed by atoms with Gasteiger partial charge in [-0.05, 0) is 30.3 Å². The molecule has 0 saturated carbocycles. The molecule has 1 aliphatic heterocycles. The number of piperazine rings is 1. The van der Waals surface area contributed by atoms with Crippen molar-refractivity contribution in [1.82, 2.24) is 4.90 Å². The van der Waals surface area contributed by atoms with Crippen LogP contribution in [0.2, 0.25) is 0 Å². The summed E-state index contributed by atoms with van der Waals surface area (Å²) in [6.07, 6.45) is 0. The van der Waals surface area contributed by atoms with Crippen LogP contribution in [0, 0.1) is 0 Å². The highest BCUT2D eigenvalue weighted by molar-refractivity contribution is 6.01. The van der Waals surface area contributed by atoms with Crippen LogP contribution in [0.15, 0.2) is 48.5 Å². The zero-order valence-corrected chi connectivity index (χ0v) is 14.7. The summed E-state index contributed by atoms with van der Waals surface area (Å²) >= 11 is 0. The minimum atomic E-state index is -1.10. The predicted molar refractivity (Wildman–Crippen MR) is 99.4 cm³/mol. The first-order chi connectivity index (χ1) is 12.6. The van der Waals surface area contributed by atoms with Crippen LogP contribution in [0.4, 0.5) is 5.69 Å². The van der Waals surface area contributed by atoms with Gasteiger partial charge < -0.3 is 14.7 Å². The number of benzene rings is 2. The average molecular weight is 354 g/mol. The lowest BCUT2D eigenvalue weighted by atomic mass is 10.1. The monoisotopic (exact) mass is 354 g/mol. The summed E-state index contributed by atoms with van der Waals surface area (Å²) in [6.45, 7) is 3.60. The molecular weight excluding hydrogens is 332 g/mol. The number of methoxy groups -OCH3 is 1. The van der Waals surface area contributed by atoms with Crippen molar-refractivity contribution in [2.24, 2.45) is 0 Å². The number of carboxylic acids is 1. The number of hydrogen-bond acceptors (Lipinski definition) is 5. The number of carbonyl (C=O) groups excluding carboxylic acids is 1. The van der Waals surface area contributed by atoms with Crippen molar-refractivity contribution in [3.8, 4) is 5.75 Å². The highest BCUT2D eigenvalue weighted by Gasteiger charge is 2.21. The van der Waals surface area contributed by atoms with Crippen LogP contribution in [-0.2, 0) is 0 Å². The van der Waals surface area contributed by atoms with Crippen molar-refractivity contribution in [2.45, 2.75) is 0 Å². The number of ether oxygens (including phenoxy) is 1. The Balaban J connectivity index is 1.61. The van der Waals surface area contributed by atoms with Crippen LogP contribution in [0.1, 0.15) is 20.7 Å². The molecule has 1 aliphatic rings. The number of hydrogen-bond donors (Lipinski definition) is 1. The molecule has 0 bridgehead atoms. The number of Topliss-reactive ketones (excluding diaryl/α,β-unsaturated/α-hetero) is 1. The summed E-state index contributed by atoms with van der Waals surface area (Å²) in [5, 5.41) is 9.25. The molecule has 1 fully saturated rings. The summed E-state index contributed by atoms with van der Waals surface area (Å²) in [6, 6.07) is 14.8. The van der Waals surface area contributed by atoms with Gasteiger partial charge in [0, 0.05) is 37.4 Å². The number of carboxylic acid groups (broad SMARTS) is 1. The number of nitrogens with zero attached hydrogens (tertiary/aromatic N) is 2. The normalized spacial score (nSPS) is 14.9. The van der Waals surface area contributed by atoms with Crippen molar-refractivity contribution in [1.29, 1.82) is 0 Å². The van der Waals surface area contributed by atoms with Gasteiger partial charge in [-0.3, -0.25) is 9.69 Å². The Bertz CT molecular complexity index is 784. The van der Waals surface area contributed by atoms with Gasteiger partial charge in [-0.15, -0.1) is 0 Å². The van der Waals surface area contributed by atoms with Crippen molar-refractivity contribution < 1.29 is 19.4 Å². The highest BCUT2D eigenvalue weighted by Crippen LogP contribution is 2.21. The third kappa shape index (κ3) is 4.03. The molecule has 3 rings (SSSR count). The molecule has 0 radical (unpaired) electrons. The summed E-state index contributed by atoms with van der Waals surface area (Å²) < 4.78 is 5.04. The molecule has 136 valence electrons. The molecule has 2 aromatic rings. The van der Waals surface area contributed by atoms with E-state index in [4.69, 9.17) is 4.74 Å². The van der Waals surface area contributed by atoms with E-state index in [0.29, 0.717) is 5.56 Å². The largest absolute Gasteiger partial charge is 0.496 e. The van der Waals surface area contributed by atoms with Gasteiger partial charge in [0.05, 0.1) is 13.7 Å². The van der Waals surface area contributed by atoms with Gasteiger partial charge in [0.1, 0.15) is 11.3 Å². The van der Waals surface area contributed by atoms with E-state index in [1.807, 2.05) is 18.2 Å². The molecule has 1 saturated heterocycles. The van der Waals surface area contributed by atoms with E-state index < -0.39 is 5.97 Å². The molecule has 2 aromatic carbocycles. The summed E-state index contributed by atoms with van der Waals surface area (Å²) in [7, 11) is 1.41. The lowest BCUT2D eigenvalue weighted by Crippen LogP contribution is -2.48. The molecular formula is C20H22N2O4. The van der Waals surface area contributed by atoms with Gasteiger partial charge in [0.15, 0.2) is 5.78 Å². The average Bonchev–Trinajstić information content (AvgIpc) is 2.68. The van der Waals surface area contributed by atoms with E-state index >= 15 is 0 Å². The molecule has 26 heavy (non-hydrogen) atoms. The number of anilines is 1. The molecule has 0 aromatic heterocycles. The standard InChI is InChI=1S/C20H22N2O4/c1-26-19-8-7-15(13-17(19)20(24)25)18(23)14-21-9-11-22(12-10-21)16-5-3-2-4-6-16/h2-8,13H,9-12,14H2,1H3,(H,24,25). The van der Waals surface area contributed by atoms with Gasteiger partial charge in [0.25, 0.3) is 0 Å². The summed E-state index contributed by atoms with van der Waals surface area (Å²) in [5.74, 6) is -0.929. The maximum Gasteiger partial charge on any atom is 0.339 e. The molecule has 0 spiro atoms. The number of rotatable bonds is 6. The van der Waals surface area contributed by atoms with E-state index in [9.17, 15) is 14.7 Å². The van der Waals surface area contributed by atoms with Crippen LogP contribution in [0.3, 0.4) is 0 Å². The third-order valence-electron chi connectivity index (χ3n) is 4.61. The highest BCUT2D eigenvalue weighted by atomic mass is 16.5. The molecule has 0 amide bonds. The zero-order valence-electron chi connectivity index (χ0n) is 14.7. The lowest BCUT2D eigenvalue weighted by molar-refractivity contribution is 0.0693. The van der Waals surface area contributed by atoms with Crippen molar-refractivity contribution in [3.05, 3.63) is 59.7 Å². The van der Waals surface area contributed by atoms with Gasteiger partial charge >= 0.3 is 5.97 Å². The Morgan fingerprint density at radius 1 is 1.04 bits per heavy atom. The SMILES string of the molecule is COc1ccc(C(=O)CN2CCN(c3ccccc3)CC2)cc1C(=O)O. The van der Waals surface area contributed by atoms with Gasteiger partial charge in [-0.1, -0.05) is 18.2 Å². The fraction of sp³-hybridized carbons (Fsp3) is 0.300. The Morgan fingerprint density at radius 2 is 1.73 bits per heavy atom. The van der Waals surface area contributed by atoms with Gasteiger partial charge in [-0.25, -0.2) is 4.79 Å². The molecule has 0 unspecified atom stereocenters. The number of ketones is 1. The molecule has 6 nitrogen and oxygen atoms in total. The van der Waals surface area contributed by atoms with Crippen LogP contribution in [0.25, 0.3) is 0 Å². The molecule has 0 atom stereocenters. The molecule has 1 N–H and O–H groups in total. The number of para-hydroxylation sites is 1. The molecule has 0 aliphatic carbocycles. The fourth-order valence-electron chi connectivity index (χ4n) is 3.15. The van der Waals surface area contributed by atoms with Gasteiger partial charge in [-0.2, -0.15) is 0 Å². The van der Waals surface area contributed by atoms with Gasteiger partial charge in [0.2, 0.25) is 0 Å². The van der Waals surface area contributed by atoms with E-state index in [1.54, 1.807) is 6.07 Å². The second-order valence-corrected chi connectivity index (χ2v) is 6.24. The first kappa shape index (κ1) is 17.9. The second-order valence-electron chi connectivity index (χ2n) is 6.24. The van der Waals surface area contributed by atoms with E-state index in [-0.39, 0.29) is 23.6 Å². The molecule has 1 heterocycles. The van der Waals surface area contributed by atoms with E-state index in [2.05, 4.69) is 21.9 Å². The second kappa shape index (κ2) is 8.01. The first-order valence-corrected chi connectivity index (χ1v) is 8.55. The quantitative estimate of drug-likeness (QED) is 0.804. The smallest absolute Gasteiger partial charge is 0.339 e. The Labute approximate surface area is 152 Å². The number of aromatic carboxylic acids is 1. The van der Waals surface area contributed by atoms with Crippen molar-refractivity contribution in [3.63, 3.8) is 0 Å². The summed E-state index contributed by atoms with van der Waals surface area (Å²) in [5.41, 5.74) is 1.60. The van der Waals surface area contributed by atoms with Crippen LogP contribution >= 0.6 is 0 Å². The summed E-state index contributed by atoms with van der Waals surface area (Å²) in [4.78, 5) is 28.3. The zero-order chi connectivity index (χ0) is 18.5.